The molecule has 6 rings (SSSR count). The molecular formula is C26H28N4O3S. The second kappa shape index (κ2) is 7.99. The summed E-state index contributed by atoms with van der Waals surface area (Å²) in [7, 11) is 0. The van der Waals surface area contributed by atoms with E-state index in [1.807, 2.05) is 56.0 Å². The number of amides is 1. The minimum atomic E-state index is -0.460. The van der Waals surface area contributed by atoms with Crippen LogP contribution in [0.4, 0.5) is 4.79 Å². The van der Waals surface area contributed by atoms with Crippen LogP contribution in [0.3, 0.4) is 0 Å². The second-order valence-electron chi connectivity index (χ2n) is 10.2. The first-order valence-corrected chi connectivity index (χ1v) is 12.5. The second-order valence-corrected chi connectivity index (χ2v) is 11.2. The minimum Gasteiger partial charge on any atom is -0.444 e. The highest BCUT2D eigenvalue weighted by molar-refractivity contribution is 7.20. The summed E-state index contributed by atoms with van der Waals surface area (Å²) in [6.45, 7) is 8.23. The summed E-state index contributed by atoms with van der Waals surface area (Å²) in [4.78, 5) is 24.9. The summed E-state index contributed by atoms with van der Waals surface area (Å²) in [6.07, 6.45) is 2.92. The Morgan fingerprint density at radius 3 is 2.79 bits per heavy atom. The number of likely N-dealkylation sites (tertiary alicyclic amines) is 2. The third-order valence-corrected chi connectivity index (χ3v) is 7.49. The van der Waals surface area contributed by atoms with E-state index in [2.05, 4.69) is 33.2 Å². The fourth-order valence-electron chi connectivity index (χ4n) is 5.06. The Morgan fingerprint density at radius 1 is 1.18 bits per heavy atom. The molecule has 2 aromatic heterocycles. The van der Waals surface area contributed by atoms with Crippen molar-refractivity contribution in [1.29, 1.82) is 0 Å². The quantitative estimate of drug-likeness (QED) is 0.405. The topological polar surface area (TPSA) is 70.7 Å². The van der Waals surface area contributed by atoms with Crippen LogP contribution in [0.25, 0.3) is 21.1 Å². The van der Waals surface area contributed by atoms with Crippen LogP contribution in [-0.4, -0.2) is 56.6 Å². The van der Waals surface area contributed by atoms with E-state index in [1.165, 1.54) is 10.9 Å². The predicted molar refractivity (Wildman–Crippen MR) is 134 cm³/mol. The minimum absolute atomic E-state index is 0.188. The molecule has 2 aromatic carbocycles. The van der Waals surface area contributed by atoms with Crippen molar-refractivity contribution in [2.24, 2.45) is 0 Å². The number of fused-ring (bicyclic) bond motifs is 4. The van der Waals surface area contributed by atoms with E-state index in [0.29, 0.717) is 11.2 Å². The fourth-order valence-corrected chi connectivity index (χ4v) is 5.90. The third-order valence-electron chi connectivity index (χ3n) is 6.57. The molecular weight excluding hydrogens is 448 g/mol. The highest BCUT2D eigenvalue weighted by atomic mass is 32.1. The Balaban J connectivity index is 1.13. The first-order chi connectivity index (χ1) is 16.3. The van der Waals surface area contributed by atoms with Gasteiger partial charge in [0.2, 0.25) is 0 Å². The third kappa shape index (κ3) is 4.01. The fraction of sp³-hybridized carbons (Fsp3) is 0.385. The van der Waals surface area contributed by atoms with Crippen LogP contribution in [0.1, 0.15) is 32.8 Å². The molecule has 34 heavy (non-hydrogen) atoms. The van der Waals surface area contributed by atoms with Crippen LogP contribution in [-0.2, 0) is 11.3 Å². The number of H-pyrrole nitrogens is 1. The molecule has 8 heteroatoms. The van der Waals surface area contributed by atoms with Crippen LogP contribution < -0.4 is 4.74 Å². The number of carbonyl (C=O) groups excluding carboxylic acids is 1. The van der Waals surface area contributed by atoms with E-state index in [4.69, 9.17) is 9.47 Å². The van der Waals surface area contributed by atoms with E-state index >= 15 is 0 Å². The SMILES string of the molecule is CC(C)(C)OC(=O)N1CC2CC1CN2Cc1c[nH]c2cc(Oc3nc4ccccc4s3)ccc12. The number of rotatable bonds is 4. The lowest BCUT2D eigenvalue weighted by Gasteiger charge is -2.35. The molecule has 2 aliphatic rings. The normalized spacial score (nSPS) is 20.5. The molecule has 2 aliphatic heterocycles. The average molecular weight is 477 g/mol. The molecule has 1 amide bonds. The monoisotopic (exact) mass is 476 g/mol. The van der Waals surface area contributed by atoms with Gasteiger partial charge in [-0.15, -0.1) is 0 Å². The van der Waals surface area contributed by atoms with Crippen LogP contribution >= 0.6 is 11.3 Å². The summed E-state index contributed by atoms with van der Waals surface area (Å²) in [5.41, 5.74) is 2.81. The number of para-hydroxylation sites is 1. The molecule has 0 radical (unpaired) electrons. The van der Waals surface area contributed by atoms with Gasteiger partial charge < -0.3 is 19.4 Å². The number of ether oxygens (including phenoxy) is 2. The van der Waals surface area contributed by atoms with Crippen molar-refractivity contribution < 1.29 is 14.3 Å². The van der Waals surface area contributed by atoms with Crippen molar-refractivity contribution >= 4 is 38.5 Å². The number of nitrogens with one attached hydrogen (secondary N) is 1. The van der Waals surface area contributed by atoms with Crippen molar-refractivity contribution in [2.75, 3.05) is 13.1 Å². The molecule has 2 saturated heterocycles. The Kier molecular flexibility index (Phi) is 5.04. The van der Waals surface area contributed by atoms with Gasteiger partial charge in [0, 0.05) is 54.9 Å². The zero-order valence-electron chi connectivity index (χ0n) is 19.6. The van der Waals surface area contributed by atoms with Crippen molar-refractivity contribution in [3.8, 4) is 10.9 Å². The molecule has 0 aliphatic carbocycles. The van der Waals surface area contributed by atoms with Crippen molar-refractivity contribution in [3.05, 3.63) is 54.2 Å². The maximum atomic E-state index is 12.5. The van der Waals surface area contributed by atoms with E-state index < -0.39 is 5.60 Å². The number of piperazine rings is 1. The van der Waals surface area contributed by atoms with E-state index in [0.717, 1.165) is 47.5 Å². The molecule has 2 bridgehead atoms. The molecule has 1 N–H and O–H groups in total. The zero-order chi connectivity index (χ0) is 23.4. The van der Waals surface area contributed by atoms with Crippen LogP contribution in [0, 0.1) is 0 Å². The summed E-state index contributed by atoms with van der Waals surface area (Å²) < 4.78 is 12.8. The van der Waals surface area contributed by atoms with Crippen molar-refractivity contribution in [3.63, 3.8) is 0 Å². The predicted octanol–water partition coefficient (Wildman–Crippen LogP) is 5.76. The lowest BCUT2D eigenvalue weighted by molar-refractivity contribution is 0.0124. The largest absolute Gasteiger partial charge is 0.444 e. The van der Waals surface area contributed by atoms with Gasteiger partial charge in [0.25, 0.3) is 5.19 Å². The van der Waals surface area contributed by atoms with E-state index in [9.17, 15) is 4.79 Å². The number of thiazole rings is 1. The molecule has 2 fully saturated rings. The lowest BCUT2D eigenvalue weighted by atomic mass is 10.1. The number of carbonyl (C=O) groups is 1. The number of aromatic nitrogens is 2. The number of hydrogen-bond acceptors (Lipinski definition) is 6. The Morgan fingerprint density at radius 2 is 2.03 bits per heavy atom. The van der Waals surface area contributed by atoms with Gasteiger partial charge in [-0.05, 0) is 57.0 Å². The molecule has 2 unspecified atom stereocenters. The lowest BCUT2D eigenvalue weighted by Crippen LogP contribution is -2.49. The summed E-state index contributed by atoms with van der Waals surface area (Å²) in [5.74, 6) is 0.771. The zero-order valence-corrected chi connectivity index (χ0v) is 20.4. The first kappa shape index (κ1) is 21.4. The number of benzene rings is 2. The highest BCUT2D eigenvalue weighted by Crippen LogP contribution is 2.35. The molecule has 7 nitrogen and oxygen atoms in total. The molecule has 4 heterocycles. The first-order valence-electron chi connectivity index (χ1n) is 11.7. The van der Waals surface area contributed by atoms with Crippen LogP contribution in [0.2, 0.25) is 0 Å². The number of hydrogen-bond donors (Lipinski definition) is 1. The molecule has 0 saturated carbocycles. The van der Waals surface area contributed by atoms with E-state index in [-0.39, 0.29) is 12.1 Å². The van der Waals surface area contributed by atoms with Crippen molar-refractivity contribution in [2.45, 2.75) is 51.4 Å². The van der Waals surface area contributed by atoms with E-state index in [1.54, 1.807) is 11.3 Å². The number of nitrogens with zero attached hydrogens (tertiary/aromatic N) is 3. The van der Waals surface area contributed by atoms with Gasteiger partial charge in [0.05, 0.1) is 10.2 Å². The maximum absolute atomic E-state index is 12.5. The summed E-state index contributed by atoms with van der Waals surface area (Å²) >= 11 is 1.55. The van der Waals surface area contributed by atoms with Gasteiger partial charge in [0.15, 0.2) is 0 Å². The summed E-state index contributed by atoms with van der Waals surface area (Å²) in [6, 6.07) is 14.8. The van der Waals surface area contributed by atoms with Crippen molar-refractivity contribution in [1.82, 2.24) is 19.8 Å². The van der Waals surface area contributed by atoms with Gasteiger partial charge in [-0.3, -0.25) is 4.90 Å². The standard InChI is InChI=1S/C26H28N4O3S/c1-26(2,3)33-25(31)30-15-17-10-18(30)14-29(17)13-16-12-27-22-11-19(8-9-20(16)22)32-24-28-21-6-4-5-7-23(21)34-24/h4-9,11-12,17-18,27H,10,13-15H2,1-3H3. The van der Waals surface area contributed by atoms with Gasteiger partial charge >= 0.3 is 6.09 Å². The van der Waals surface area contributed by atoms with Gasteiger partial charge in [-0.2, -0.15) is 0 Å². The molecule has 0 spiro atoms. The number of aromatic amines is 1. The molecule has 4 aromatic rings. The Bertz CT molecular complexity index is 1340. The Labute approximate surface area is 202 Å². The van der Waals surface area contributed by atoms with Gasteiger partial charge in [-0.1, -0.05) is 23.5 Å². The maximum Gasteiger partial charge on any atom is 0.410 e. The van der Waals surface area contributed by atoms with Crippen LogP contribution in [0.15, 0.2) is 48.7 Å². The average Bonchev–Trinajstić information content (AvgIpc) is 3.55. The summed E-state index contributed by atoms with van der Waals surface area (Å²) in [5, 5.41) is 1.85. The van der Waals surface area contributed by atoms with Gasteiger partial charge in [0.1, 0.15) is 11.4 Å². The van der Waals surface area contributed by atoms with Gasteiger partial charge in [-0.25, -0.2) is 9.78 Å². The highest BCUT2D eigenvalue weighted by Gasteiger charge is 2.46. The smallest absolute Gasteiger partial charge is 0.410 e. The molecule has 2 atom stereocenters. The Hall–Kier alpha value is -3.10. The van der Waals surface area contributed by atoms with Crippen LogP contribution in [0.5, 0.6) is 10.9 Å². The molecule has 176 valence electrons.